The summed E-state index contributed by atoms with van der Waals surface area (Å²) in [6.07, 6.45) is 1.81. The van der Waals surface area contributed by atoms with Gasteiger partial charge in [0.05, 0.1) is 11.5 Å². The van der Waals surface area contributed by atoms with Crippen molar-refractivity contribution in [2.24, 2.45) is 11.1 Å². The van der Waals surface area contributed by atoms with Crippen molar-refractivity contribution in [3.63, 3.8) is 0 Å². The Kier molecular flexibility index (Phi) is 5.46. The fourth-order valence-electron chi connectivity index (χ4n) is 3.09. The van der Waals surface area contributed by atoms with Gasteiger partial charge >= 0.3 is 0 Å². The Morgan fingerprint density at radius 1 is 1.67 bits per heavy atom. The molecule has 0 aliphatic carbocycles. The fourth-order valence-corrected chi connectivity index (χ4v) is 4.74. The molecular formula is C15H24BrN3OS. The van der Waals surface area contributed by atoms with Gasteiger partial charge in [-0.15, -0.1) is 11.3 Å². The third-order valence-electron chi connectivity index (χ3n) is 4.43. The molecule has 1 aliphatic heterocycles. The first-order valence-corrected chi connectivity index (χ1v) is 9.04. The first kappa shape index (κ1) is 16.9. The first-order valence-electron chi connectivity index (χ1n) is 7.37. The van der Waals surface area contributed by atoms with Crippen molar-refractivity contribution < 1.29 is 4.79 Å². The van der Waals surface area contributed by atoms with Gasteiger partial charge in [0.1, 0.15) is 0 Å². The lowest BCUT2D eigenvalue weighted by atomic mass is 9.88. The van der Waals surface area contributed by atoms with Crippen LogP contribution in [0.1, 0.15) is 37.6 Å². The standard InChI is InChI=1S/C15H24BrN3OS/c1-4-11(17)13(12-7-10(16)8-21-12)19-6-5-15(2,9-19)14(20)18-3/h7-8,11,13H,4-6,9,17H2,1-3H3,(H,18,20). The average Bonchev–Trinajstić information content (AvgIpc) is 3.06. The summed E-state index contributed by atoms with van der Waals surface area (Å²) in [5.74, 6) is 0.126. The Morgan fingerprint density at radius 3 is 2.90 bits per heavy atom. The van der Waals surface area contributed by atoms with Crippen LogP contribution in [0.15, 0.2) is 15.9 Å². The van der Waals surface area contributed by atoms with Crippen LogP contribution in [0.5, 0.6) is 0 Å². The molecule has 3 atom stereocenters. The molecule has 2 rings (SSSR count). The zero-order valence-corrected chi connectivity index (χ0v) is 15.3. The number of carbonyl (C=O) groups is 1. The van der Waals surface area contributed by atoms with E-state index in [1.807, 2.05) is 6.92 Å². The summed E-state index contributed by atoms with van der Waals surface area (Å²) in [5.41, 5.74) is 6.07. The van der Waals surface area contributed by atoms with E-state index in [1.165, 1.54) is 4.88 Å². The SMILES string of the molecule is CCC(N)C(c1cc(Br)cs1)N1CCC(C)(C(=O)NC)C1. The summed E-state index contributed by atoms with van der Waals surface area (Å²) < 4.78 is 1.10. The lowest BCUT2D eigenvalue weighted by Crippen LogP contribution is -2.43. The van der Waals surface area contributed by atoms with Crippen LogP contribution in [0.4, 0.5) is 0 Å². The summed E-state index contributed by atoms with van der Waals surface area (Å²) >= 11 is 5.26. The molecule has 0 saturated carbocycles. The van der Waals surface area contributed by atoms with Gasteiger partial charge in [-0.2, -0.15) is 0 Å². The van der Waals surface area contributed by atoms with E-state index in [0.29, 0.717) is 0 Å². The van der Waals surface area contributed by atoms with Crippen molar-refractivity contribution in [3.8, 4) is 0 Å². The van der Waals surface area contributed by atoms with Crippen LogP contribution in [0, 0.1) is 5.41 Å². The van der Waals surface area contributed by atoms with Crippen molar-refractivity contribution in [1.29, 1.82) is 0 Å². The predicted octanol–water partition coefficient (Wildman–Crippen LogP) is 2.75. The maximum absolute atomic E-state index is 12.1. The number of halogens is 1. The number of rotatable bonds is 5. The van der Waals surface area contributed by atoms with Crippen molar-refractivity contribution in [2.45, 2.75) is 38.8 Å². The highest BCUT2D eigenvalue weighted by Gasteiger charge is 2.43. The van der Waals surface area contributed by atoms with Crippen molar-refractivity contribution in [3.05, 3.63) is 20.8 Å². The summed E-state index contributed by atoms with van der Waals surface area (Å²) in [6.45, 7) is 5.84. The highest BCUT2D eigenvalue weighted by molar-refractivity contribution is 9.10. The van der Waals surface area contributed by atoms with Crippen LogP contribution >= 0.6 is 27.3 Å². The Hall–Kier alpha value is -0.430. The van der Waals surface area contributed by atoms with Crippen LogP contribution in [0.25, 0.3) is 0 Å². The van der Waals surface area contributed by atoms with E-state index in [-0.39, 0.29) is 23.4 Å². The summed E-state index contributed by atoms with van der Waals surface area (Å²) in [4.78, 5) is 15.8. The third-order valence-corrected chi connectivity index (χ3v) is 6.19. The van der Waals surface area contributed by atoms with Gasteiger partial charge in [0.15, 0.2) is 0 Å². The topological polar surface area (TPSA) is 58.4 Å². The third kappa shape index (κ3) is 3.50. The monoisotopic (exact) mass is 373 g/mol. The number of nitrogens with zero attached hydrogens (tertiary/aromatic N) is 1. The van der Waals surface area contributed by atoms with E-state index >= 15 is 0 Å². The number of nitrogens with one attached hydrogen (secondary N) is 1. The molecule has 118 valence electrons. The second kappa shape index (κ2) is 6.77. The van der Waals surface area contributed by atoms with Crippen molar-refractivity contribution in [2.75, 3.05) is 20.1 Å². The first-order chi connectivity index (χ1) is 9.91. The quantitative estimate of drug-likeness (QED) is 0.833. The molecule has 0 radical (unpaired) electrons. The van der Waals surface area contributed by atoms with Crippen LogP contribution in [-0.4, -0.2) is 37.0 Å². The second-order valence-corrected chi connectivity index (χ2v) is 7.90. The van der Waals surface area contributed by atoms with Crippen LogP contribution in [-0.2, 0) is 4.79 Å². The van der Waals surface area contributed by atoms with Gasteiger partial charge in [0.25, 0.3) is 0 Å². The number of carbonyl (C=O) groups excluding carboxylic acids is 1. The molecule has 0 bridgehead atoms. The minimum absolute atomic E-state index is 0.0857. The predicted molar refractivity (Wildman–Crippen MR) is 91.4 cm³/mol. The van der Waals surface area contributed by atoms with Gasteiger partial charge in [0, 0.05) is 34.4 Å². The molecule has 1 saturated heterocycles. The number of likely N-dealkylation sites (tertiary alicyclic amines) is 1. The van der Waals surface area contributed by atoms with E-state index in [1.54, 1.807) is 18.4 Å². The van der Waals surface area contributed by atoms with Gasteiger partial charge in [-0.25, -0.2) is 0 Å². The van der Waals surface area contributed by atoms with E-state index in [2.05, 4.69) is 44.5 Å². The molecule has 21 heavy (non-hydrogen) atoms. The second-order valence-electron chi connectivity index (χ2n) is 6.04. The maximum Gasteiger partial charge on any atom is 0.227 e. The van der Waals surface area contributed by atoms with Gasteiger partial charge < -0.3 is 11.1 Å². The Labute approximate surface area is 139 Å². The van der Waals surface area contributed by atoms with Crippen LogP contribution in [0.3, 0.4) is 0 Å². The molecule has 0 aromatic carbocycles. The zero-order valence-electron chi connectivity index (χ0n) is 12.9. The molecular weight excluding hydrogens is 350 g/mol. The Bertz CT molecular complexity index is 507. The molecule has 6 heteroatoms. The molecule has 0 spiro atoms. The van der Waals surface area contributed by atoms with E-state index < -0.39 is 0 Å². The summed E-state index contributed by atoms with van der Waals surface area (Å²) in [5, 5.41) is 4.89. The average molecular weight is 374 g/mol. The number of hydrogen-bond acceptors (Lipinski definition) is 4. The molecule has 1 aliphatic rings. The molecule has 2 heterocycles. The van der Waals surface area contributed by atoms with Crippen LogP contribution in [0.2, 0.25) is 0 Å². The Morgan fingerprint density at radius 2 is 2.38 bits per heavy atom. The minimum Gasteiger partial charge on any atom is -0.359 e. The van der Waals surface area contributed by atoms with Crippen molar-refractivity contribution >= 4 is 33.2 Å². The van der Waals surface area contributed by atoms with Gasteiger partial charge in [-0.05, 0) is 48.3 Å². The van der Waals surface area contributed by atoms with Gasteiger partial charge in [-0.3, -0.25) is 9.69 Å². The fraction of sp³-hybridized carbons (Fsp3) is 0.667. The number of hydrogen-bond donors (Lipinski definition) is 2. The molecule has 3 N–H and O–H groups in total. The smallest absolute Gasteiger partial charge is 0.227 e. The molecule has 1 aromatic rings. The summed E-state index contributed by atoms with van der Waals surface area (Å²) in [7, 11) is 1.71. The molecule has 4 nitrogen and oxygen atoms in total. The van der Waals surface area contributed by atoms with Gasteiger partial charge in [0.2, 0.25) is 5.91 Å². The van der Waals surface area contributed by atoms with E-state index in [9.17, 15) is 4.79 Å². The molecule has 1 fully saturated rings. The van der Waals surface area contributed by atoms with Crippen LogP contribution < -0.4 is 11.1 Å². The molecule has 3 unspecified atom stereocenters. The normalized spacial score (nSPS) is 25.8. The highest BCUT2D eigenvalue weighted by Crippen LogP contribution is 2.39. The lowest BCUT2D eigenvalue weighted by Gasteiger charge is -2.32. The van der Waals surface area contributed by atoms with Crippen molar-refractivity contribution in [1.82, 2.24) is 10.2 Å². The molecule has 1 amide bonds. The lowest BCUT2D eigenvalue weighted by molar-refractivity contribution is -0.129. The maximum atomic E-state index is 12.1. The van der Waals surface area contributed by atoms with E-state index in [4.69, 9.17) is 5.73 Å². The Balaban J connectivity index is 2.22. The number of nitrogens with two attached hydrogens (primary N) is 1. The highest BCUT2D eigenvalue weighted by atomic mass is 79.9. The molecule has 1 aromatic heterocycles. The zero-order chi connectivity index (χ0) is 15.6. The summed E-state index contributed by atoms with van der Waals surface area (Å²) in [6, 6.07) is 2.43. The van der Waals surface area contributed by atoms with Gasteiger partial charge in [-0.1, -0.05) is 6.92 Å². The number of amides is 1. The van der Waals surface area contributed by atoms with E-state index in [0.717, 1.165) is 30.4 Å². The minimum atomic E-state index is -0.311. The number of thiophene rings is 1. The largest absolute Gasteiger partial charge is 0.359 e.